The summed E-state index contributed by atoms with van der Waals surface area (Å²) in [6, 6.07) is 6.22. The van der Waals surface area contributed by atoms with Gasteiger partial charge >= 0.3 is 0 Å². The van der Waals surface area contributed by atoms with Crippen molar-refractivity contribution >= 4 is 21.4 Å². The van der Waals surface area contributed by atoms with E-state index < -0.39 is 0 Å². The minimum atomic E-state index is 0.647. The van der Waals surface area contributed by atoms with Crippen LogP contribution in [0.15, 0.2) is 18.2 Å². The van der Waals surface area contributed by atoms with Gasteiger partial charge in [0.05, 0.1) is 13.7 Å². The average molecular weight is 265 g/mol. The van der Waals surface area contributed by atoms with E-state index in [-0.39, 0.29) is 0 Å². The molecular formula is C14H19NO2S. The van der Waals surface area contributed by atoms with Gasteiger partial charge in [0.15, 0.2) is 0 Å². The topological polar surface area (TPSA) is 30.5 Å². The molecule has 4 heteroatoms. The Hall–Kier alpha value is -1.10. The van der Waals surface area contributed by atoms with Gasteiger partial charge in [-0.2, -0.15) is 0 Å². The normalized spacial score (nSPS) is 11.1. The van der Waals surface area contributed by atoms with E-state index in [9.17, 15) is 0 Å². The van der Waals surface area contributed by atoms with Gasteiger partial charge in [-0.1, -0.05) is 6.92 Å². The molecule has 2 aromatic rings. The van der Waals surface area contributed by atoms with E-state index in [1.54, 1.807) is 14.2 Å². The van der Waals surface area contributed by atoms with Crippen LogP contribution >= 0.6 is 11.3 Å². The van der Waals surface area contributed by atoms with E-state index in [1.165, 1.54) is 20.5 Å². The number of nitrogens with one attached hydrogen (secondary N) is 1. The summed E-state index contributed by atoms with van der Waals surface area (Å²) in [6.07, 6.45) is 0. The highest BCUT2D eigenvalue weighted by Gasteiger charge is 2.12. The fourth-order valence-corrected chi connectivity index (χ4v) is 3.15. The highest BCUT2D eigenvalue weighted by molar-refractivity contribution is 7.19. The molecule has 0 fully saturated rings. The zero-order valence-electron chi connectivity index (χ0n) is 11.1. The molecule has 0 aliphatic rings. The minimum Gasteiger partial charge on any atom is -0.497 e. The van der Waals surface area contributed by atoms with Crippen molar-refractivity contribution < 1.29 is 9.47 Å². The first-order chi connectivity index (χ1) is 8.80. The lowest BCUT2D eigenvalue weighted by Gasteiger charge is -2.05. The quantitative estimate of drug-likeness (QED) is 0.870. The number of methoxy groups -OCH3 is 2. The molecule has 0 aliphatic heterocycles. The predicted molar refractivity (Wildman–Crippen MR) is 76.5 cm³/mol. The molecule has 1 heterocycles. The van der Waals surface area contributed by atoms with Crippen molar-refractivity contribution in [1.82, 2.24) is 5.32 Å². The third-order valence-electron chi connectivity index (χ3n) is 2.91. The zero-order chi connectivity index (χ0) is 13.0. The zero-order valence-corrected chi connectivity index (χ0v) is 11.9. The van der Waals surface area contributed by atoms with E-state index in [0.717, 1.165) is 18.8 Å². The number of thiophene rings is 1. The Morgan fingerprint density at radius 3 is 2.78 bits per heavy atom. The summed E-state index contributed by atoms with van der Waals surface area (Å²) in [6.45, 7) is 4.64. The molecule has 98 valence electrons. The van der Waals surface area contributed by atoms with Crippen LogP contribution in [-0.2, 0) is 17.9 Å². The van der Waals surface area contributed by atoms with E-state index in [0.29, 0.717) is 6.61 Å². The SMILES string of the molecule is CCNCc1sc2ccc(OC)cc2c1COC. The van der Waals surface area contributed by atoms with Crippen molar-refractivity contribution in [3.05, 3.63) is 28.6 Å². The van der Waals surface area contributed by atoms with Crippen molar-refractivity contribution in [2.45, 2.75) is 20.1 Å². The van der Waals surface area contributed by atoms with Crippen LogP contribution in [-0.4, -0.2) is 20.8 Å². The molecule has 0 unspecified atom stereocenters. The van der Waals surface area contributed by atoms with Crippen molar-refractivity contribution in [3.63, 3.8) is 0 Å². The van der Waals surface area contributed by atoms with Gasteiger partial charge < -0.3 is 14.8 Å². The molecule has 0 saturated carbocycles. The van der Waals surface area contributed by atoms with Crippen LogP contribution in [0.1, 0.15) is 17.4 Å². The maximum Gasteiger partial charge on any atom is 0.119 e. The molecule has 2 rings (SSSR count). The molecule has 0 bridgehead atoms. The number of hydrogen-bond donors (Lipinski definition) is 1. The summed E-state index contributed by atoms with van der Waals surface area (Å²) in [5.41, 5.74) is 1.28. The fraction of sp³-hybridized carbons (Fsp3) is 0.429. The largest absolute Gasteiger partial charge is 0.497 e. The van der Waals surface area contributed by atoms with Crippen LogP contribution in [0.5, 0.6) is 5.75 Å². The van der Waals surface area contributed by atoms with Crippen molar-refractivity contribution in [2.24, 2.45) is 0 Å². The Bertz CT molecular complexity index is 522. The van der Waals surface area contributed by atoms with Crippen molar-refractivity contribution in [1.29, 1.82) is 0 Å². The molecule has 0 radical (unpaired) electrons. The number of hydrogen-bond acceptors (Lipinski definition) is 4. The van der Waals surface area contributed by atoms with E-state index in [2.05, 4.69) is 24.4 Å². The number of rotatable bonds is 6. The first-order valence-corrected chi connectivity index (χ1v) is 6.89. The second kappa shape index (κ2) is 6.18. The second-order valence-electron chi connectivity index (χ2n) is 4.08. The summed E-state index contributed by atoms with van der Waals surface area (Å²) < 4.78 is 11.9. The Labute approximate surface area is 112 Å². The molecule has 0 aliphatic carbocycles. The predicted octanol–water partition coefficient (Wildman–Crippen LogP) is 3.17. The van der Waals surface area contributed by atoms with Gasteiger partial charge in [0.1, 0.15) is 5.75 Å². The highest BCUT2D eigenvalue weighted by atomic mass is 32.1. The molecule has 1 aromatic heterocycles. The smallest absolute Gasteiger partial charge is 0.119 e. The highest BCUT2D eigenvalue weighted by Crippen LogP contribution is 2.34. The van der Waals surface area contributed by atoms with Crippen LogP contribution in [0.2, 0.25) is 0 Å². The average Bonchev–Trinajstić information content (AvgIpc) is 2.74. The Balaban J connectivity index is 2.46. The minimum absolute atomic E-state index is 0.647. The Morgan fingerprint density at radius 2 is 2.11 bits per heavy atom. The van der Waals surface area contributed by atoms with E-state index in [4.69, 9.17) is 9.47 Å². The Kier molecular flexibility index (Phi) is 4.58. The lowest BCUT2D eigenvalue weighted by Crippen LogP contribution is -2.11. The molecule has 18 heavy (non-hydrogen) atoms. The molecule has 0 spiro atoms. The van der Waals surface area contributed by atoms with Crippen LogP contribution in [0.3, 0.4) is 0 Å². The monoisotopic (exact) mass is 265 g/mol. The van der Waals surface area contributed by atoms with Crippen LogP contribution in [0, 0.1) is 0 Å². The maximum atomic E-state index is 5.33. The van der Waals surface area contributed by atoms with E-state index in [1.807, 2.05) is 17.4 Å². The number of ether oxygens (including phenoxy) is 2. The summed E-state index contributed by atoms with van der Waals surface area (Å²) >= 11 is 1.82. The molecule has 0 atom stereocenters. The molecule has 0 amide bonds. The van der Waals surface area contributed by atoms with Gasteiger partial charge in [0.2, 0.25) is 0 Å². The molecule has 0 saturated heterocycles. The standard InChI is InChI=1S/C14H19NO2S/c1-4-15-8-14-12(9-16-2)11-7-10(17-3)5-6-13(11)18-14/h5-7,15H,4,8-9H2,1-3H3. The third kappa shape index (κ3) is 2.66. The molecular weight excluding hydrogens is 246 g/mol. The van der Waals surface area contributed by atoms with Crippen LogP contribution < -0.4 is 10.1 Å². The number of benzene rings is 1. The van der Waals surface area contributed by atoms with Crippen LogP contribution in [0.25, 0.3) is 10.1 Å². The third-order valence-corrected chi connectivity index (χ3v) is 4.12. The maximum absolute atomic E-state index is 5.33. The van der Waals surface area contributed by atoms with Crippen molar-refractivity contribution in [3.8, 4) is 5.75 Å². The molecule has 3 nitrogen and oxygen atoms in total. The molecule has 1 N–H and O–H groups in total. The van der Waals surface area contributed by atoms with Gasteiger partial charge in [-0.05, 0) is 24.7 Å². The summed E-state index contributed by atoms with van der Waals surface area (Å²) in [5, 5.41) is 4.62. The van der Waals surface area contributed by atoms with Gasteiger partial charge in [-0.3, -0.25) is 0 Å². The van der Waals surface area contributed by atoms with Gasteiger partial charge in [-0.15, -0.1) is 11.3 Å². The lowest BCUT2D eigenvalue weighted by atomic mass is 10.1. The Morgan fingerprint density at radius 1 is 1.28 bits per heavy atom. The summed E-state index contributed by atoms with van der Waals surface area (Å²) in [7, 11) is 3.43. The molecule has 1 aromatic carbocycles. The lowest BCUT2D eigenvalue weighted by molar-refractivity contribution is 0.185. The van der Waals surface area contributed by atoms with Gasteiger partial charge in [-0.25, -0.2) is 0 Å². The first-order valence-electron chi connectivity index (χ1n) is 6.08. The number of fused-ring (bicyclic) bond motifs is 1. The van der Waals surface area contributed by atoms with Crippen LogP contribution in [0.4, 0.5) is 0 Å². The van der Waals surface area contributed by atoms with Gasteiger partial charge in [0, 0.05) is 34.2 Å². The van der Waals surface area contributed by atoms with Crippen molar-refractivity contribution in [2.75, 3.05) is 20.8 Å². The first kappa shape index (κ1) is 13.3. The summed E-state index contributed by atoms with van der Waals surface area (Å²) in [5.74, 6) is 0.896. The van der Waals surface area contributed by atoms with E-state index >= 15 is 0 Å². The summed E-state index contributed by atoms with van der Waals surface area (Å²) in [4.78, 5) is 1.35. The van der Waals surface area contributed by atoms with Gasteiger partial charge in [0.25, 0.3) is 0 Å². The fourth-order valence-electron chi connectivity index (χ4n) is 1.99. The second-order valence-corrected chi connectivity index (χ2v) is 5.22.